The van der Waals surface area contributed by atoms with Crippen molar-refractivity contribution >= 4 is 34.9 Å². The number of aryl methyl sites for hydroxylation is 1. The molecule has 140 valence electrons. The SMILES string of the molecule is Cc1cccc2c1NC(=O)[C@@]21CC(=O)Nc2c1cnn2Cc1ccc(Cl)cc1. The van der Waals surface area contributed by atoms with Crippen LogP contribution in [-0.2, 0) is 21.5 Å². The summed E-state index contributed by atoms with van der Waals surface area (Å²) in [6.07, 6.45) is 1.76. The van der Waals surface area contributed by atoms with E-state index >= 15 is 0 Å². The molecule has 2 aliphatic rings. The molecule has 3 aromatic rings. The van der Waals surface area contributed by atoms with Gasteiger partial charge in [-0.1, -0.05) is 41.9 Å². The first-order chi connectivity index (χ1) is 13.5. The lowest BCUT2D eigenvalue weighted by molar-refractivity contribution is -0.125. The molecule has 0 aliphatic carbocycles. The van der Waals surface area contributed by atoms with Crippen LogP contribution in [-0.4, -0.2) is 21.6 Å². The van der Waals surface area contributed by atoms with Gasteiger partial charge in [0.05, 0.1) is 12.7 Å². The molecule has 0 saturated carbocycles. The highest BCUT2D eigenvalue weighted by Crippen LogP contribution is 2.50. The molecule has 0 unspecified atom stereocenters. The van der Waals surface area contributed by atoms with E-state index in [4.69, 9.17) is 11.6 Å². The Balaban J connectivity index is 1.65. The van der Waals surface area contributed by atoms with E-state index in [0.29, 0.717) is 17.4 Å². The van der Waals surface area contributed by atoms with Crippen LogP contribution in [0.1, 0.15) is 28.7 Å². The van der Waals surface area contributed by atoms with Crippen molar-refractivity contribution in [2.75, 3.05) is 10.6 Å². The minimum atomic E-state index is -1.04. The van der Waals surface area contributed by atoms with Gasteiger partial charge >= 0.3 is 0 Å². The Morgan fingerprint density at radius 1 is 1.11 bits per heavy atom. The first-order valence-corrected chi connectivity index (χ1v) is 9.39. The zero-order valence-electron chi connectivity index (χ0n) is 15.1. The van der Waals surface area contributed by atoms with Crippen LogP contribution in [0.25, 0.3) is 0 Å². The molecule has 0 fully saturated rings. The van der Waals surface area contributed by atoms with Crippen LogP contribution in [0.5, 0.6) is 0 Å². The number of nitrogens with one attached hydrogen (secondary N) is 2. The third-order valence-corrected chi connectivity index (χ3v) is 5.84. The van der Waals surface area contributed by atoms with Crippen molar-refractivity contribution < 1.29 is 9.59 Å². The number of fused-ring (bicyclic) bond motifs is 4. The van der Waals surface area contributed by atoms with Gasteiger partial charge in [-0.25, -0.2) is 4.68 Å². The fraction of sp³-hybridized carbons (Fsp3) is 0.190. The zero-order valence-corrected chi connectivity index (χ0v) is 15.9. The Morgan fingerprint density at radius 2 is 1.89 bits per heavy atom. The van der Waals surface area contributed by atoms with Crippen LogP contribution < -0.4 is 10.6 Å². The molecule has 6 nitrogen and oxygen atoms in total. The van der Waals surface area contributed by atoms with E-state index in [1.807, 2.05) is 49.4 Å². The maximum atomic E-state index is 13.1. The lowest BCUT2D eigenvalue weighted by Gasteiger charge is -2.31. The van der Waals surface area contributed by atoms with E-state index in [1.54, 1.807) is 10.9 Å². The highest BCUT2D eigenvalue weighted by Gasteiger charge is 2.54. The van der Waals surface area contributed by atoms with Crippen LogP contribution in [0.3, 0.4) is 0 Å². The van der Waals surface area contributed by atoms with E-state index in [1.165, 1.54) is 0 Å². The van der Waals surface area contributed by atoms with Gasteiger partial charge in [0.2, 0.25) is 11.8 Å². The summed E-state index contributed by atoms with van der Waals surface area (Å²) in [5.74, 6) is 0.185. The fourth-order valence-electron chi connectivity index (χ4n) is 4.20. The smallest absolute Gasteiger partial charge is 0.240 e. The van der Waals surface area contributed by atoms with Crippen LogP contribution in [0.4, 0.5) is 11.5 Å². The lowest BCUT2D eigenvalue weighted by atomic mass is 9.71. The molecule has 1 spiro atoms. The standard InChI is InChI=1S/C21H17ClN4O2/c1-12-3-2-4-15-18(12)25-20(28)21(15)9-17(27)24-19-16(21)10-23-26(19)11-13-5-7-14(22)8-6-13/h2-8,10H,9,11H2,1H3,(H,24,27)(H,25,28)/t21-/m0/s1. The average molecular weight is 393 g/mol. The maximum absolute atomic E-state index is 13.1. The van der Waals surface area contributed by atoms with Crippen LogP contribution >= 0.6 is 11.6 Å². The van der Waals surface area contributed by atoms with Crippen molar-refractivity contribution in [1.29, 1.82) is 0 Å². The summed E-state index contributed by atoms with van der Waals surface area (Å²) in [6.45, 7) is 2.41. The Morgan fingerprint density at radius 3 is 2.68 bits per heavy atom. The molecular weight excluding hydrogens is 376 g/mol. The second kappa shape index (κ2) is 5.94. The van der Waals surface area contributed by atoms with Crippen LogP contribution in [0.2, 0.25) is 5.02 Å². The average Bonchev–Trinajstić information content (AvgIpc) is 3.19. The minimum absolute atomic E-state index is 0.0644. The van der Waals surface area contributed by atoms with Gasteiger partial charge in [0.15, 0.2) is 0 Å². The first-order valence-electron chi connectivity index (χ1n) is 9.01. The Kier molecular flexibility index (Phi) is 3.61. The van der Waals surface area contributed by atoms with Gasteiger partial charge < -0.3 is 10.6 Å². The molecule has 3 heterocycles. The highest BCUT2D eigenvalue weighted by molar-refractivity contribution is 6.30. The number of carbonyl (C=O) groups is 2. The van der Waals surface area contributed by atoms with Crippen molar-refractivity contribution in [3.05, 3.63) is 75.9 Å². The third kappa shape index (κ3) is 2.31. The molecule has 2 aliphatic heterocycles. The molecule has 0 bridgehead atoms. The molecule has 5 rings (SSSR count). The quantitative estimate of drug-likeness (QED) is 0.701. The minimum Gasteiger partial charge on any atom is -0.324 e. The normalized spacial score (nSPS) is 19.9. The Bertz CT molecular complexity index is 1140. The topological polar surface area (TPSA) is 76.0 Å². The largest absolute Gasteiger partial charge is 0.324 e. The second-order valence-corrected chi connectivity index (χ2v) is 7.71. The van der Waals surface area contributed by atoms with Crippen molar-refractivity contribution in [1.82, 2.24) is 9.78 Å². The molecule has 28 heavy (non-hydrogen) atoms. The van der Waals surface area contributed by atoms with E-state index in [2.05, 4.69) is 15.7 Å². The maximum Gasteiger partial charge on any atom is 0.240 e. The third-order valence-electron chi connectivity index (χ3n) is 5.59. The number of rotatable bonds is 2. The van der Waals surface area contributed by atoms with Crippen molar-refractivity contribution in [2.45, 2.75) is 25.3 Å². The van der Waals surface area contributed by atoms with Gasteiger partial charge in [0.25, 0.3) is 0 Å². The lowest BCUT2D eigenvalue weighted by Crippen LogP contribution is -2.43. The van der Waals surface area contributed by atoms with E-state index in [9.17, 15) is 9.59 Å². The van der Waals surface area contributed by atoms with Gasteiger partial charge in [-0.15, -0.1) is 0 Å². The molecule has 0 radical (unpaired) electrons. The van der Waals surface area contributed by atoms with Gasteiger partial charge in [-0.3, -0.25) is 9.59 Å². The Hall–Kier alpha value is -3.12. The summed E-state index contributed by atoms with van der Waals surface area (Å²) in [6, 6.07) is 13.2. The Labute approximate surface area is 166 Å². The zero-order chi connectivity index (χ0) is 19.5. The molecule has 2 aromatic carbocycles. The number of hydrogen-bond acceptors (Lipinski definition) is 3. The fourth-order valence-corrected chi connectivity index (χ4v) is 4.33. The monoisotopic (exact) mass is 392 g/mol. The van der Waals surface area contributed by atoms with Gasteiger partial charge in [-0.05, 0) is 35.7 Å². The molecule has 2 amide bonds. The molecule has 7 heteroatoms. The number of amides is 2. The molecule has 1 aromatic heterocycles. The predicted molar refractivity (Wildman–Crippen MR) is 107 cm³/mol. The number of carbonyl (C=O) groups excluding carboxylic acids is 2. The molecule has 0 saturated heterocycles. The number of hydrogen-bond donors (Lipinski definition) is 2. The van der Waals surface area contributed by atoms with Gasteiger partial charge in [0.1, 0.15) is 11.2 Å². The van der Waals surface area contributed by atoms with Crippen molar-refractivity contribution in [3.63, 3.8) is 0 Å². The summed E-state index contributed by atoms with van der Waals surface area (Å²) >= 11 is 5.96. The van der Waals surface area contributed by atoms with Crippen molar-refractivity contribution in [3.8, 4) is 0 Å². The van der Waals surface area contributed by atoms with Gasteiger partial charge in [-0.2, -0.15) is 5.10 Å². The van der Waals surface area contributed by atoms with E-state index < -0.39 is 5.41 Å². The number of benzene rings is 2. The number of para-hydroxylation sites is 1. The summed E-state index contributed by atoms with van der Waals surface area (Å²) in [5.41, 5.74) is 3.28. The highest BCUT2D eigenvalue weighted by atomic mass is 35.5. The number of anilines is 2. The van der Waals surface area contributed by atoms with Gasteiger partial charge in [0, 0.05) is 22.7 Å². The first kappa shape index (κ1) is 17.0. The van der Waals surface area contributed by atoms with E-state index in [-0.39, 0.29) is 18.2 Å². The predicted octanol–water partition coefficient (Wildman–Crippen LogP) is 3.47. The number of halogens is 1. The number of nitrogens with zero attached hydrogens (tertiary/aromatic N) is 2. The van der Waals surface area contributed by atoms with Crippen LogP contribution in [0.15, 0.2) is 48.7 Å². The second-order valence-electron chi connectivity index (χ2n) is 7.27. The molecular formula is C21H17ClN4O2. The summed E-state index contributed by atoms with van der Waals surface area (Å²) in [7, 11) is 0. The molecule has 2 N–H and O–H groups in total. The summed E-state index contributed by atoms with van der Waals surface area (Å²) in [4.78, 5) is 25.8. The summed E-state index contributed by atoms with van der Waals surface area (Å²) < 4.78 is 1.72. The summed E-state index contributed by atoms with van der Waals surface area (Å²) in [5, 5.41) is 11.0. The number of aromatic nitrogens is 2. The van der Waals surface area contributed by atoms with E-state index in [0.717, 1.165) is 27.9 Å². The molecule has 1 atom stereocenters. The van der Waals surface area contributed by atoms with Crippen LogP contribution in [0, 0.1) is 6.92 Å². The van der Waals surface area contributed by atoms with Crippen molar-refractivity contribution in [2.24, 2.45) is 0 Å².